The summed E-state index contributed by atoms with van der Waals surface area (Å²) in [5, 5.41) is 8.86. The number of nitrogens with one attached hydrogen (secondary N) is 2. The molecule has 3 aromatic rings. The zero-order chi connectivity index (χ0) is 20.1. The summed E-state index contributed by atoms with van der Waals surface area (Å²) in [4.78, 5) is 14.3. The molecule has 144 valence electrons. The summed E-state index contributed by atoms with van der Waals surface area (Å²) in [7, 11) is -3.83. The van der Waals surface area contributed by atoms with Gasteiger partial charge in [0.2, 0.25) is 5.91 Å². The second kappa shape index (κ2) is 8.41. The summed E-state index contributed by atoms with van der Waals surface area (Å²) in [6.07, 6.45) is -0.0527. The lowest BCUT2D eigenvalue weighted by molar-refractivity contribution is -0.115. The van der Waals surface area contributed by atoms with Crippen LogP contribution in [0.1, 0.15) is 13.3 Å². The van der Waals surface area contributed by atoms with Crippen LogP contribution in [0, 0.1) is 0 Å². The second-order valence-electron chi connectivity index (χ2n) is 6.18. The van der Waals surface area contributed by atoms with Gasteiger partial charge in [0.15, 0.2) is 0 Å². The van der Waals surface area contributed by atoms with Crippen molar-refractivity contribution in [1.82, 2.24) is 4.83 Å². The molecule has 0 saturated heterocycles. The lowest BCUT2D eigenvalue weighted by atomic mass is 10.1. The molecule has 0 saturated carbocycles. The average molecular weight is 416 g/mol. The summed E-state index contributed by atoms with van der Waals surface area (Å²) in [6, 6.07) is 19.0. The maximum atomic E-state index is 12.5. The van der Waals surface area contributed by atoms with Crippen molar-refractivity contribution in [3.63, 3.8) is 0 Å². The molecule has 6 nitrogen and oxygen atoms in total. The van der Waals surface area contributed by atoms with Crippen LogP contribution in [0.25, 0.3) is 10.8 Å². The van der Waals surface area contributed by atoms with Gasteiger partial charge in [-0.2, -0.15) is 13.5 Å². The molecule has 0 aliphatic carbocycles. The number of benzene rings is 3. The molecule has 0 aliphatic rings. The molecule has 2 N–H and O–H groups in total. The highest BCUT2D eigenvalue weighted by atomic mass is 35.5. The molecule has 0 unspecified atom stereocenters. The van der Waals surface area contributed by atoms with Crippen molar-refractivity contribution in [2.24, 2.45) is 5.10 Å². The van der Waals surface area contributed by atoms with Crippen LogP contribution in [0.5, 0.6) is 0 Å². The molecule has 0 atom stereocenters. The van der Waals surface area contributed by atoms with E-state index in [0.717, 1.165) is 10.8 Å². The number of anilines is 1. The predicted molar refractivity (Wildman–Crippen MR) is 112 cm³/mol. The Morgan fingerprint density at radius 1 is 1.00 bits per heavy atom. The molecular formula is C20H18ClN3O3S. The summed E-state index contributed by atoms with van der Waals surface area (Å²) < 4.78 is 24.9. The number of hydrazone groups is 1. The summed E-state index contributed by atoms with van der Waals surface area (Å²) in [5.41, 5.74) is 0.926. The first-order valence-corrected chi connectivity index (χ1v) is 10.3. The molecule has 0 aromatic heterocycles. The minimum absolute atomic E-state index is 0.0527. The fourth-order valence-electron chi connectivity index (χ4n) is 2.54. The van der Waals surface area contributed by atoms with Gasteiger partial charge in [-0.15, -0.1) is 0 Å². The van der Waals surface area contributed by atoms with Crippen LogP contribution in [0.15, 0.2) is 76.7 Å². The van der Waals surface area contributed by atoms with Gasteiger partial charge in [0, 0.05) is 16.4 Å². The van der Waals surface area contributed by atoms with Crippen LogP contribution in [0.2, 0.25) is 5.02 Å². The number of carbonyl (C=O) groups is 1. The fraction of sp³-hybridized carbons (Fsp3) is 0.100. The minimum Gasteiger partial charge on any atom is -0.326 e. The van der Waals surface area contributed by atoms with Crippen molar-refractivity contribution < 1.29 is 13.2 Å². The highest BCUT2D eigenvalue weighted by molar-refractivity contribution is 7.89. The Labute approximate surface area is 168 Å². The Morgan fingerprint density at radius 2 is 1.68 bits per heavy atom. The third kappa shape index (κ3) is 5.09. The Bertz CT molecular complexity index is 1140. The smallest absolute Gasteiger partial charge is 0.276 e. The molecule has 0 fully saturated rings. The van der Waals surface area contributed by atoms with Crippen molar-refractivity contribution in [3.05, 3.63) is 71.8 Å². The Kier molecular flexibility index (Phi) is 5.96. The summed E-state index contributed by atoms with van der Waals surface area (Å²) >= 11 is 5.80. The number of fused-ring (bicyclic) bond motifs is 1. The van der Waals surface area contributed by atoms with E-state index in [1.54, 1.807) is 43.3 Å². The molecule has 0 aliphatic heterocycles. The minimum atomic E-state index is -3.83. The molecule has 3 aromatic carbocycles. The third-order valence-corrected chi connectivity index (χ3v) is 5.39. The van der Waals surface area contributed by atoms with Gasteiger partial charge in [-0.25, -0.2) is 4.83 Å². The van der Waals surface area contributed by atoms with E-state index in [0.29, 0.717) is 16.4 Å². The summed E-state index contributed by atoms with van der Waals surface area (Å²) in [5.74, 6) is -0.312. The van der Waals surface area contributed by atoms with E-state index in [1.807, 2.05) is 24.3 Å². The molecule has 28 heavy (non-hydrogen) atoms. The fourth-order valence-corrected chi connectivity index (χ4v) is 3.57. The first-order chi connectivity index (χ1) is 13.3. The Hall–Kier alpha value is -2.90. The molecule has 0 spiro atoms. The lowest BCUT2D eigenvalue weighted by Gasteiger charge is -2.07. The number of hydrogen-bond acceptors (Lipinski definition) is 4. The molecule has 0 heterocycles. The van der Waals surface area contributed by atoms with Gasteiger partial charge in [-0.1, -0.05) is 41.9 Å². The SMILES string of the molecule is CC(CC(=O)Nc1ccc(Cl)cc1)=NNS(=O)(=O)c1ccc2ccccc2c1. The van der Waals surface area contributed by atoms with Crippen molar-refractivity contribution in [2.45, 2.75) is 18.2 Å². The number of sulfonamides is 1. The first kappa shape index (κ1) is 19.9. The van der Waals surface area contributed by atoms with Gasteiger partial charge in [-0.3, -0.25) is 4.79 Å². The normalized spacial score (nSPS) is 12.0. The van der Waals surface area contributed by atoms with Gasteiger partial charge in [0.25, 0.3) is 10.0 Å². The standard InChI is InChI=1S/C20H18ClN3O3S/c1-14(12-20(25)22-18-9-7-17(21)8-10-18)23-24-28(26,27)19-11-6-15-4-2-3-5-16(15)13-19/h2-11,13,24H,12H2,1H3,(H,22,25). The zero-order valence-corrected chi connectivity index (χ0v) is 16.6. The van der Waals surface area contributed by atoms with Crippen LogP contribution >= 0.6 is 11.6 Å². The van der Waals surface area contributed by atoms with E-state index in [1.165, 1.54) is 6.07 Å². The van der Waals surface area contributed by atoms with Gasteiger partial charge < -0.3 is 5.32 Å². The number of amides is 1. The molecule has 0 bridgehead atoms. The molecule has 1 amide bonds. The van der Waals surface area contributed by atoms with E-state index in [4.69, 9.17) is 11.6 Å². The molecule has 8 heteroatoms. The van der Waals surface area contributed by atoms with Crippen molar-refractivity contribution in [1.29, 1.82) is 0 Å². The van der Waals surface area contributed by atoms with Gasteiger partial charge in [0.05, 0.1) is 11.3 Å². The Balaban J connectivity index is 1.65. The van der Waals surface area contributed by atoms with E-state index in [2.05, 4.69) is 15.2 Å². The van der Waals surface area contributed by atoms with Crippen LogP contribution < -0.4 is 10.1 Å². The number of hydrogen-bond donors (Lipinski definition) is 2. The highest BCUT2D eigenvalue weighted by Gasteiger charge is 2.14. The van der Waals surface area contributed by atoms with E-state index >= 15 is 0 Å². The van der Waals surface area contributed by atoms with Crippen molar-refractivity contribution in [2.75, 3.05) is 5.32 Å². The van der Waals surface area contributed by atoms with Crippen LogP contribution in [-0.4, -0.2) is 20.0 Å². The molecule has 0 radical (unpaired) electrons. The average Bonchev–Trinajstić information content (AvgIpc) is 2.68. The maximum absolute atomic E-state index is 12.5. The largest absolute Gasteiger partial charge is 0.326 e. The summed E-state index contributed by atoms with van der Waals surface area (Å²) in [6.45, 7) is 1.57. The number of carbonyl (C=O) groups excluding carboxylic acids is 1. The van der Waals surface area contributed by atoms with Crippen molar-refractivity contribution in [3.8, 4) is 0 Å². The number of rotatable bonds is 6. The Morgan fingerprint density at radius 3 is 2.39 bits per heavy atom. The first-order valence-electron chi connectivity index (χ1n) is 8.43. The second-order valence-corrected chi connectivity index (χ2v) is 8.28. The van der Waals surface area contributed by atoms with Gasteiger partial charge in [0.1, 0.15) is 0 Å². The monoisotopic (exact) mass is 415 g/mol. The van der Waals surface area contributed by atoms with E-state index in [9.17, 15) is 13.2 Å². The number of halogens is 1. The molecular weight excluding hydrogens is 398 g/mol. The lowest BCUT2D eigenvalue weighted by Crippen LogP contribution is -2.21. The maximum Gasteiger partial charge on any atom is 0.276 e. The van der Waals surface area contributed by atoms with Crippen LogP contribution in [-0.2, 0) is 14.8 Å². The predicted octanol–water partition coefficient (Wildman–Crippen LogP) is 4.18. The van der Waals surface area contributed by atoms with E-state index in [-0.39, 0.29) is 17.2 Å². The molecule has 3 rings (SSSR count). The highest BCUT2D eigenvalue weighted by Crippen LogP contribution is 2.19. The number of nitrogens with zero attached hydrogens (tertiary/aromatic N) is 1. The topological polar surface area (TPSA) is 87.6 Å². The van der Waals surface area contributed by atoms with Crippen LogP contribution in [0.3, 0.4) is 0 Å². The van der Waals surface area contributed by atoms with E-state index < -0.39 is 10.0 Å². The van der Waals surface area contributed by atoms with Gasteiger partial charge in [-0.05, 0) is 54.1 Å². The van der Waals surface area contributed by atoms with Crippen LogP contribution in [0.4, 0.5) is 5.69 Å². The quantitative estimate of drug-likeness (QED) is 0.467. The van der Waals surface area contributed by atoms with Gasteiger partial charge >= 0.3 is 0 Å². The third-order valence-electron chi connectivity index (χ3n) is 3.93. The van der Waals surface area contributed by atoms with Crippen molar-refractivity contribution >= 4 is 49.7 Å². The zero-order valence-electron chi connectivity index (χ0n) is 15.0.